The largest absolute Gasteiger partial charge is 0.493 e. The summed E-state index contributed by atoms with van der Waals surface area (Å²) in [4.78, 5) is 4.66. The Morgan fingerprint density at radius 1 is 1.16 bits per heavy atom. The summed E-state index contributed by atoms with van der Waals surface area (Å²) in [7, 11) is 2.17. The molecule has 0 unspecified atom stereocenters. The van der Waals surface area contributed by atoms with Gasteiger partial charge in [-0.05, 0) is 67.2 Å². The third kappa shape index (κ3) is 7.59. The minimum atomic E-state index is -0.203. The van der Waals surface area contributed by atoms with Gasteiger partial charge in [0.15, 0.2) is 0 Å². The highest BCUT2D eigenvalue weighted by molar-refractivity contribution is 5.27. The fourth-order valence-corrected chi connectivity index (χ4v) is 3.85. The lowest BCUT2D eigenvalue weighted by Gasteiger charge is -2.30. The van der Waals surface area contributed by atoms with Crippen molar-refractivity contribution in [2.24, 2.45) is 11.8 Å². The van der Waals surface area contributed by atoms with Gasteiger partial charge >= 0.3 is 0 Å². The zero-order valence-corrected chi connectivity index (χ0v) is 19.1. The van der Waals surface area contributed by atoms with Crippen LogP contribution in [0, 0.1) is 17.7 Å². The van der Waals surface area contributed by atoms with E-state index in [1.54, 1.807) is 0 Å². The second-order valence-electron chi connectivity index (χ2n) is 9.07. The third-order valence-electron chi connectivity index (χ3n) is 5.64. The molecule has 0 aliphatic carbocycles. The van der Waals surface area contributed by atoms with Crippen molar-refractivity contribution in [1.29, 1.82) is 0 Å². The molecule has 0 saturated carbocycles. The van der Waals surface area contributed by atoms with Gasteiger partial charge in [-0.3, -0.25) is 0 Å². The van der Waals surface area contributed by atoms with Crippen LogP contribution in [0.25, 0.3) is 0 Å². The number of rotatable bonds is 11. The topological polar surface area (TPSA) is 27.7 Å². The molecule has 5 heteroatoms. The van der Waals surface area contributed by atoms with Crippen molar-refractivity contribution in [1.82, 2.24) is 15.1 Å². The molecule has 0 bridgehead atoms. The van der Waals surface area contributed by atoms with Gasteiger partial charge in [-0.2, -0.15) is 0 Å². The van der Waals surface area contributed by atoms with Crippen molar-refractivity contribution in [3.8, 4) is 5.75 Å². The fraction of sp³-hybridized carbons (Fsp3) is 0.462. The fourth-order valence-electron chi connectivity index (χ4n) is 3.85. The Labute approximate surface area is 186 Å². The lowest BCUT2D eigenvalue weighted by atomic mass is 10.1. The predicted molar refractivity (Wildman–Crippen MR) is 125 cm³/mol. The van der Waals surface area contributed by atoms with Crippen LogP contribution in [-0.4, -0.2) is 43.1 Å². The zero-order chi connectivity index (χ0) is 22.2. The molecule has 0 radical (unpaired) electrons. The summed E-state index contributed by atoms with van der Waals surface area (Å²) >= 11 is 0. The number of hydrogen-bond acceptors (Lipinski definition) is 4. The number of hydrogen-bond donors (Lipinski definition) is 1. The average Bonchev–Trinajstić information content (AvgIpc) is 3.17. The molecule has 31 heavy (non-hydrogen) atoms. The van der Waals surface area contributed by atoms with E-state index in [9.17, 15) is 4.39 Å². The van der Waals surface area contributed by atoms with Crippen molar-refractivity contribution in [2.75, 3.05) is 33.3 Å². The Balaban J connectivity index is 1.58. The second kappa shape index (κ2) is 11.2. The van der Waals surface area contributed by atoms with Crippen molar-refractivity contribution in [3.63, 3.8) is 0 Å². The van der Waals surface area contributed by atoms with Crippen LogP contribution in [0.2, 0.25) is 0 Å². The molecule has 0 spiro atoms. The molecule has 3 rings (SSSR count). The molecule has 1 fully saturated rings. The summed E-state index contributed by atoms with van der Waals surface area (Å²) in [6, 6.07) is 15.0. The number of halogens is 1. The highest BCUT2D eigenvalue weighted by Gasteiger charge is 2.23. The van der Waals surface area contributed by atoms with Crippen molar-refractivity contribution in [2.45, 2.75) is 33.4 Å². The van der Waals surface area contributed by atoms with Crippen LogP contribution >= 0.6 is 0 Å². The van der Waals surface area contributed by atoms with Gasteiger partial charge in [-0.1, -0.05) is 44.7 Å². The lowest BCUT2D eigenvalue weighted by molar-refractivity contribution is 0.259. The first-order chi connectivity index (χ1) is 14.9. The Morgan fingerprint density at radius 2 is 1.84 bits per heavy atom. The maximum atomic E-state index is 13.3. The first-order valence-electron chi connectivity index (χ1n) is 11.2. The molecule has 168 valence electrons. The molecular weight excluding hydrogens is 389 g/mol. The van der Waals surface area contributed by atoms with Crippen LogP contribution in [0.4, 0.5) is 4.39 Å². The van der Waals surface area contributed by atoms with Gasteiger partial charge in [0.25, 0.3) is 0 Å². The summed E-state index contributed by atoms with van der Waals surface area (Å²) < 4.78 is 19.1. The summed E-state index contributed by atoms with van der Waals surface area (Å²) in [6.07, 6.45) is 1.20. The molecule has 4 nitrogen and oxygen atoms in total. The molecule has 1 saturated heterocycles. The van der Waals surface area contributed by atoms with Crippen molar-refractivity contribution < 1.29 is 9.13 Å². The number of likely N-dealkylation sites (tertiary alicyclic amines) is 1. The van der Waals surface area contributed by atoms with Crippen LogP contribution in [0.3, 0.4) is 0 Å². The number of benzene rings is 2. The van der Waals surface area contributed by atoms with Gasteiger partial charge in [0, 0.05) is 26.2 Å². The molecule has 1 heterocycles. The number of nitrogens with one attached hydrogen (secondary N) is 1. The number of nitrogens with zero attached hydrogens (tertiary/aromatic N) is 2. The summed E-state index contributed by atoms with van der Waals surface area (Å²) in [6.45, 7) is 13.9. The zero-order valence-electron chi connectivity index (χ0n) is 19.1. The van der Waals surface area contributed by atoms with E-state index in [4.69, 9.17) is 4.74 Å². The Bertz CT molecular complexity index is 820. The normalized spacial score (nSPS) is 16.5. The van der Waals surface area contributed by atoms with Crippen LogP contribution < -0.4 is 10.1 Å². The quantitative estimate of drug-likeness (QED) is 0.556. The van der Waals surface area contributed by atoms with Gasteiger partial charge in [0.1, 0.15) is 11.6 Å². The van der Waals surface area contributed by atoms with Gasteiger partial charge < -0.3 is 19.9 Å². The highest BCUT2D eigenvalue weighted by atomic mass is 19.1. The van der Waals surface area contributed by atoms with Crippen molar-refractivity contribution >= 4 is 0 Å². The molecule has 0 amide bonds. The highest BCUT2D eigenvalue weighted by Crippen LogP contribution is 2.20. The molecular formula is C26H36FN3O. The van der Waals surface area contributed by atoms with E-state index in [2.05, 4.69) is 54.7 Å². The smallest absolute Gasteiger partial charge is 0.123 e. The number of ether oxygens (including phenoxy) is 1. The maximum absolute atomic E-state index is 13.3. The second-order valence-corrected chi connectivity index (χ2v) is 9.07. The molecule has 2 aromatic rings. The van der Waals surface area contributed by atoms with Gasteiger partial charge in [-0.25, -0.2) is 4.39 Å². The van der Waals surface area contributed by atoms with Gasteiger partial charge in [-0.15, -0.1) is 0 Å². The summed E-state index contributed by atoms with van der Waals surface area (Å²) in [5.41, 5.74) is 2.27. The first kappa shape index (κ1) is 23.1. The van der Waals surface area contributed by atoms with Crippen LogP contribution in [0.15, 0.2) is 60.9 Å². The Kier molecular flexibility index (Phi) is 8.35. The van der Waals surface area contributed by atoms with E-state index >= 15 is 0 Å². The molecule has 0 aromatic heterocycles. The third-order valence-corrected chi connectivity index (χ3v) is 5.64. The van der Waals surface area contributed by atoms with Gasteiger partial charge in [0.2, 0.25) is 0 Å². The van der Waals surface area contributed by atoms with E-state index in [0.717, 1.165) is 43.4 Å². The molecule has 2 aromatic carbocycles. The van der Waals surface area contributed by atoms with E-state index in [1.165, 1.54) is 24.1 Å². The molecule has 1 N–H and O–H groups in total. The van der Waals surface area contributed by atoms with Crippen LogP contribution in [-0.2, 0) is 13.1 Å². The average molecular weight is 426 g/mol. The lowest BCUT2D eigenvalue weighted by Crippen LogP contribution is -2.35. The van der Waals surface area contributed by atoms with E-state index < -0.39 is 0 Å². The molecule has 1 aliphatic rings. The summed E-state index contributed by atoms with van der Waals surface area (Å²) in [5, 5.41) is 3.49. The van der Waals surface area contributed by atoms with E-state index in [0.29, 0.717) is 24.9 Å². The first-order valence-corrected chi connectivity index (χ1v) is 11.2. The Hall–Kier alpha value is -2.53. The van der Waals surface area contributed by atoms with E-state index in [1.807, 2.05) is 24.3 Å². The molecule has 1 aliphatic heterocycles. The predicted octanol–water partition coefficient (Wildman–Crippen LogP) is 4.88. The minimum Gasteiger partial charge on any atom is -0.493 e. The van der Waals surface area contributed by atoms with E-state index in [-0.39, 0.29) is 5.82 Å². The monoisotopic (exact) mass is 425 g/mol. The molecule has 1 atom stereocenters. The SMILES string of the molecule is C=C(NCc1ccc(OCC(C)C)cc1)N(Cc1ccc(F)cc1)C[C@@H]1CCN(C)C1. The Morgan fingerprint density at radius 3 is 2.45 bits per heavy atom. The van der Waals surface area contributed by atoms with Crippen molar-refractivity contribution in [3.05, 3.63) is 77.9 Å². The van der Waals surface area contributed by atoms with Crippen LogP contribution in [0.5, 0.6) is 5.75 Å². The maximum Gasteiger partial charge on any atom is 0.123 e. The van der Waals surface area contributed by atoms with Crippen LogP contribution in [0.1, 0.15) is 31.4 Å². The standard InChI is InChI=1S/C26H36FN3O/c1-20(2)19-31-26-11-7-22(8-12-26)15-28-21(3)30(18-24-13-14-29(4)16-24)17-23-5-9-25(27)10-6-23/h5-12,20,24,28H,3,13-19H2,1-2,4H3/t24-/m1/s1. The minimum absolute atomic E-state index is 0.203. The summed E-state index contributed by atoms with van der Waals surface area (Å²) in [5.74, 6) is 2.72. The van der Waals surface area contributed by atoms with Gasteiger partial charge in [0.05, 0.1) is 12.4 Å².